The number of hydrogen-bond acceptors (Lipinski definition) is 2. The van der Waals surface area contributed by atoms with E-state index < -0.39 is 0 Å². The molecule has 11 heavy (non-hydrogen) atoms. The maximum atomic E-state index is 5.82. The zero-order valence-corrected chi connectivity index (χ0v) is 6.71. The summed E-state index contributed by atoms with van der Waals surface area (Å²) in [5.74, 6) is 0.859. The third-order valence-electron chi connectivity index (χ3n) is 1.58. The Morgan fingerprint density at radius 1 is 1.45 bits per heavy atom. The van der Waals surface area contributed by atoms with Gasteiger partial charge in [-0.15, -0.1) is 0 Å². The highest BCUT2D eigenvalue weighted by Gasteiger charge is 2.01. The maximum Gasteiger partial charge on any atom is 0.208 e. The van der Waals surface area contributed by atoms with Gasteiger partial charge in [0, 0.05) is 6.20 Å². The number of nitrogens with zero attached hydrogens (tertiary/aromatic N) is 3. The topological polar surface area (TPSA) is 30.2 Å². The fourth-order valence-corrected chi connectivity index (χ4v) is 1.33. The Hall–Kier alpha value is -1.09. The van der Waals surface area contributed by atoms with Crippen molar-refractivity contribution in [2.75, 3.05) is 0 Å². The molecule has 0 unspecified atom stereocenters. The van der Waals surface area contributed by atoms with Crippen molar-refractivity contribution in [1.29, 1.82) is 0 Å². The van der Waals surface area contributed by atoms with E-state index in [-0.39, 0.29) is 0 Å². The van der Waals surface area contributed by atoms with E-state index in [0.717, 1.165) is 11.3 Å². The minimum atomic E-state index is 0.456. The molecule has 0 amide bonds. The summed E-state index contributed by atoms with van der Waals surface area (Å²) in [5, 5.41) is 0.456. The molecule has 0 aliphatic carbocycles. The van der Waals surface area contributed by atoms with Crippen LogP contribution < -0.4 is 0 Å². The van der Waals surface area contributed by atoms with Gasteiger partial charge in [-0.1, -0.05) is 0 Å². The highest BCUT2D eigenvalue weighted by Crippen LogP contribution is 2.11. The van der Waals surface area contributed by atoms with Crippen molar-refractivity contribution in [3.05, 3.63) is 29.6 Å². The van der Waals surface area contributed by atoms with E-state index in [2.05, 4.69) is 9.97 Å². The van der Waals surface area contributed by atoms with E-state index in [9.17, 15) is 0 Å². The second kappa shape index (κ2) is 2.20. The molecule has 0 saturated carbocycles. The molecule has 0 aliphatic heterocycles. The summed E-state index contributed by atoms with van der Waals surface area (Å²) in [6.45, 7) is 1.89. The van der Waals surface area contributed by atoms with Gasteiger partial charge in [0.2, 0.25) is 5.28 Å². The molecule has 2 rings (SSSR count). The van der Waals surface area contributed by atoms with Crippen molar-refractivity contribution < 1.29 is 0 Å². The second-order valence-corrected chi connectivity index (χ2v) is 2.62. The van der Waals surface area contributed by atoms with E-state index in [1.807, 2.05) is 13.0 Å². The third-order valence-corrected chi connectivity index (χ3v) is 1.84. The van der Waals surface area contributed by atoms with Crippen LogP contribution in [0.2, 0.25) is 5.28 Å². The smallest absolute Gasteiger partial charge is 0.208 e. The largest absolute Gasteiger partial charge is 0.271 e. The highest BCUT2D eigenvalue weighted by molar-refractivity contribution is 6.28. The molecule has 0 radical (unpaired) electrons. The Morgan fingerprint density at radius 3 is 3.00 bits per heavy atom. The second-order valence-electron chi connectivity index (χ2n) is 2.28. The minimum Gasteiger partial charge on any atom is -0.271 e. The monoisotopic (exact) mass is 167 g/mol. The molecule has 0 bridgehead atoms. The normalized spacial score (nSPS) is 10.7. The van der Waals surface area contributed by atoms with Crippen molar-refractivity contribution >= 4 is 17.1 Å². The van der Waals surface area contributed by atoms with Crippen LogP contribution in [0.3, 0.4) is 0 Å². The summed E-state index contributed by atoms with van der Waals surface area (Å²) in [5.41, 5.74) is 0.975. The number of fused-ring (bicyclic) bond motifs is 1. The lowest BCUT2D eigenvalue weighted by Crippen LogP contribution is -1.91. The molecular weight excluding hydrogens is 162 g/mol. The van der Waals surface area contributed by atoms with Crippen molar-refractivity contribution in [2.45, 2.75) is 6.92 Å². The molecule has 0 aliphatic rings. The zero-order valence-electron chi connectivity index (χ0n) is 5.95. The lowest BCUT2D eigenvalue weighted by molar-refractivity contribution is 1.00. The van der Waals surface area contributed by atoms with Gasteiger partial charge in [-0.05, 0) is 24.6 Å². The fraction of sp³-hybridized carbons (Fsp3) is 0.143. The molecule has 0 N–H and O–H groups in total. The third kappa shape index (κ3) is 0.886. The van der Waals surface area contributed by atoms with Crippen LogP contribution in [0.5, 0.6) is 0 Å². The quantitative estimate of drug-likeness (QED) is 0.559. The number of hydrogen-bond donors (Lipinski definition) is 0. The standard InChI is InChI=1S/C7H6ClN3/c1-5-10-4-6-2-3-9-7(8)11(5)6/h2-4H,1H3. The SMILES string of the molecule is Cc1ncc2ccnc(Cl)n12. The lowest BCUT2D eigenvalue weighted by atomic mass is 10.5. The van der Waals surface area contributed by atoms with Crippen LogP contribution in [0, 0.1) is 6.92 Å². The van der Waals surface area contributed by atoms with Gasteiger partial charge >= 0.3 is 0 Å². The lowest BCUT2D eigenvalue weighted by Gasteiger charge is -1.96. The average molecular weight is 168 g/mol. The van der Waals surface area contributed by atoms with Crippen LogP contribution in [-0.4, -0.2) is 14.4 Å². The summed E-state index contributed by atoms with van der Waals surface area (Å²) in [6.07, 6.45) is 3.43. The van der Waals surface area contributed by atoms with Gasteiger partial charge in [-0.2, -0.15) is 0 Å². The van der Waals surface area contributed by atoms with E-state index in [1.165, 1.54) is 0 Å². The predicted octanol–water partition coefficient (Wildman–Crippen LogP) is 1.69. The van der Waals surface area contributed by atoms with Gasteiger partial charge in [0.05, 0.1) is 11.7 Å². The first-order valence-corrected chi connectivity index (χ1v) is 3.61. The molecule has 0 aromatic carbocycles. The number of halogens is 1. The van der Waals surface area contributed by atoms with Gasteiger partial charge in [0.15, 0.2) is 0 Å². The van der Waals surface area contributed by atoms with Crippen LogP contribution in [0.15, 0.2) is 18.5 Å². The molecule has 2 aromatic rings. The summed E-state index contributed by atoms with van der Waals surface area (Å²) >= 11 is 5.82. The Labute approximate surface area is 68.7 Å². The summed E-state index contributed by atoms with van der Waals surface area (Å²) < 4.78 is 1.79. The molecule has 0 saturated heterocycles. The van der Waals surface area contributed by atoms with Gasteiger partial charge < -0.3 is 0 Å². The predicted molar refractivity (Wildman–Crippen MR) is 42.7 cm³/mol. The summed E-state index contributed by atoms with van der Waals surface area (Å²) in [4.78, 5) is 8.02. The molecule has 0 spiro atoms. The van der Waals surface area contributed by atoms with Crippen molar-refractivity contribution in [1.82, 2.24) is 14.4 Å². The number of imidazole rings is 1. The number of aryl methyl sites for hydroxylation is 1. The molecule has 0 fully saturated rings. The Bertz CT molecular complexity index is 393. The van der Waals surface area contributed by atoms with E-state index in [4.69, 9.17) is 11.6 Å². The average Bonchev–Trinajstić information content (AvgIpc) is 2.34. The Morgan fingerprint density at radius 2 is 2.27 bits per heavy atom. The fourth-order valence-electron chi connectivity index (χ4n) is 1.05. The van der Waals surface area contributed by atoms with Gasteiger partial charge in [-0.25, -0.2) is 9.97 Å². The number of rotatable bonds is 0. The summed E-state index contributed by atoms with van der Waals surface area (Å²) in [6, 6.07) is 1.87. The first-order chi connectivity index (χ1) is 5.29. The van der Waals surface area contributed by atoms with Crippen LogP contribution >= 0.6 is 11.6 Å². The zero-order chi connectivity index (χ0) is 7.84. The van der Waals surface area contributed by atoms with Crippen LogP contribution in [-0.2, 0) is 0 Å². The first-order valence-electron chi connectivity index (χ1n) is 3.23. The van der Waals surface area contributed by atoms with Gasteiger partial charge in [-0.3, -0.25) is 4.40 Å². The number of aromatic nitrogens is 3. The molecular formula is C7H6ClN3. The van der Waals surface area contributed by atoms with Crippen molar-refractivity contribution in [2.24, 2.45) is 0 Å². The Balaban J connectivity index is 2.96. The van der Waals surface area contributed by atoms with E-state index in [1.54, 1.807) is 16.8 Å². The maximum absolute atomic E-state index is 5.82. The molecule has 3 nitrogen and oxygen atoms in total. The van der Waals surface area contributed by atoms with Crippen LogP contribution in [0.25, 0.3) is 5.52 Å². The molecule has 2 heterocycles. The molecule has 2 aromatic heterocycles. The van der Waals surface area contributed by atoms with Crippen molar-refractivity contribution in [3.63, 3.8) is 0 Å². The highest BCUT2D eigenvalue weighted by atomic mass is 35.5. The summed E-state index contributed by atoms with van der Waals surface area (Å²) in [7, 11) is 0. The molecule has 0 atom stereocenters. The van der Waals surface area contributed by atoms with Gasteiger partial charge in [0.1, 0.15) is 5.82 Å². The molecule has 4 heteroatoms. The van der Waals surface area contributed by atoms with E-state index in [0.29, 0.717) is 5.28 Å². The molecule has 56 valence electrons. The minimum absolute atomic E-state index is 0.456. The van der Waals surface area contributed by atoms with Crippen LogP contribution in [0.1, 0.15) is 5.82 Å². The van der Waals surface area contributed by atoms with E-state index >= 15 is 0 Å². The van der Waals surface area contributed by atoms with Gasteiger partial charge in [0.25, 0.3) is 0 Å². The Kier molecular flexibility index (Phi) is 1.32. The van der Waals surface area contributed by atoms with Crippen LogP contribution in [0.4, 0.5) is 0 Å². The van der Waals surface area contributed by atoms with Crippen molar-refractivity contribution in [3.8, 4) is 0 Å². The first kappa shape index (κ1) is 6.61.